The quantitative estimate of drug-likeness (QED) is 0.419. The van der Waals surface area contributed by atoms with Gasteiger partial charge in [-0.1, -0.05) is 18.2 Å². The SMILES string of the molecule is O=C(O)c1ccc(C(=O)Nc2ccc(SCC(=O)N3CCCc4ccccc43)cc2)c(C(=O)O)c1. The van der Waals surface area contributed by atoms with E-state index in [0.29, 0.717) is 12.2 Å². The number of carboxylic acids is 2. The molecule has 4 rings (SSSR count). The zero-order valence-corrected chi connectivity index (χ0v) is 19.4. The average Bonchev–Trinajstić information content (AvgIpc) is 2.87. The molecule has 9 heteroatoms. The molecule has 0 aliphatic carbocycles. The summed E-state index contributed by atoms with van der Waals surface area (Å²) in [5.74, 6) is -3.04. The number of nitrogens with one attached hydrogen (secondary N) is 1. The van der Waals surface area contributed by atoms with Crippen molar-refractivity contribution in [1.29, 1.82) is 0 Å². The highest BCUT2D eigenvalue weighted by atomic mass is 32.2. The van der Waals surface area contributed by atoms with Gasteiger partial charge in [0.25, 0.3) is 5.91 Å². The molecule has 3 aromatic carbocycles. The molecule has 0 aromatic heterocycles. The molecule has 0 radical (unpaired) electrons. The fourth-order valence-corrected chi connectivity index (χ4v) is 4.68. The van der Waals surface area contributed by atoms with Crippen molar-refractivity contribution in [3.8, 4) is 0 Å². The highest BCUT2D eigenvalue weighted by Gasteiger charge is 2.22. The van der Waals surface area contributed by atoms with Gasteiger partial charge in [0, 0.05) is 22.8 Å². The van der Waals surface area contributed by atoms with E-state index in [9.17, 15) is 24.3 Å². The number of para-hydroxylation sites is 1. The Labute approximate surface area is 205 Å². The molecule has 1 aliphatic heterocycles. The molecule has 0 atom stereocenters. The van der Waals surface area contributed by atoms with Crippen molar-refractivity contribution in [1.82, 2.24) is 0 Å². The maximum Gasteiger partial charge on any atom is 0.336 e. The first-order valence-electron chi connectivity index (χ1n) is 10.9. The van der Waals surface area contributed by atoms with Crippen LogP contribution in [0.1, 0.15) is 43.1 Å². The van der Waals surface area contributed by atoms with E-state index in [1.807, 2.05) is 23.1 Å². The van der Waals surface area contributed by atoms with E-state index in [4.69, 9.17) is 5.11 Å². The Morgan fingerprint density at radius 2 is 1.63 bits per heavy atom. The van der Waals surface area contributed by atoms with Crippen molar-refractivity contribution < 1.29 is 29.4 Å². The van der Waals surface area contributed by atoms with Gasteiger partial charge in [-0.25, -0.2) is 9.59 Å². The van der Waals surface area contributed by atoms with Crippen molar-refractivity contribution in [3.05, 3.63) is 89.0 Å². The van der Waals surface area contributed by atoms with Crippen molar-refractivity contribution in [2.45, 2.75) is 17.7 Å². The first-order valence-corrected chi connectivity index (χ1v) is 11.8. The maximum atomic E-state index is 12.8. The maximum absolute atomic E-state index is 12.8. The smallest absolute Gasteiger partial charge is 0.336 e. The zero-order chi connectivity index (χ0) is 24.9. The number of aryl methyl sites for hydroxylation is 1. The van der Waals surface area contributed by atoms with E-state index < -0.39 is 23.4 Å². The minimum Gasteiger partial charge on any atom is -0.478 e. The summed E-state index contributed by atoms with van der Waals surface area (Å²) in [4.78, 5) is 50.7. The molecule has 1 aliphatic rings. The van der Waals surface area contributed by atoms with Gasteiger partial charge in [-0.05, 0) is 66.9 Å². The third-order valence-electron chi connectivity index (χ3n) is 5.63. The second-order valence-electron chi connectivity index (χ2n) is 7.92. The first-order chi connectivity index (χ1) is 16.8. The molecule has 3 aromatic rings. The highest BCUT2D eigenvalue weighted by Crippen LogP contribution is 2.28. The number of rotatable bonds is 7. The Hall–Kier alpha value is -4.11. The number of hydrogen-bond acceptors (Lipinski definition) is 5. The molecule has 0 saturated heterocycles. The lowest BCUT2D eigenvalue weighted by Crippen LogP contribution is -2.36. The Morgan fingerprint density at radius 1 is 0.886 bits per heavy atom. The van der Waals surface area contributed by atoms with Gasteiger partial charge in [0.2, 0.25) is 5.91 Å². The molecule has 35 heavy (non-hydrogen) atoms. The molecule has 0 bridgehead atoms. The molecular formula is C26H22N2O6S. The molecule has 8 nitrogen and oxygen atoms in total. The van der Waals surface area contributed by atoms with E-state index in [-0.39, 0.29) is 22.8 Å². The van der Waals surface area contributed by atoms with E-state index in [2.05, 4.69) is 11.4 Å². The minimum atomic E-state index is -1.40. The third-order valence-corrected chi connectivity index (χ3v) is 6.62. The molecule has 2 amide bonds. The summed E-state index contributed by atoms with van der Waals surface area (Å²) >= 11 is 1.39. The lowest BCUT2D eigenvalue weighted by molar-refractivity contribution is -0.116. The Kier molecular flexibility index (Phi) is 7.17. The summed E-state index contributed by atoms with van der Waals surface area (Å²) in [6.07, 6.45) is 1.91. The molecule has 0 unspecified atom stereocenters. The molecule has 0 saturated carbocycles. The number of carboxylic acid groups (broad SMARTS) is 2. The number of carbonyl (C=O) groups excluding carboxylic acids is 2. The standard InChI is InChI=1S/C26H22N2O6S/c29-23(28-13-3-5-16-4-1-2-6-22(16)28)15-35-19-10-8-18(9-11-19)27-24(30)20-12-7-17(25(31)32)14-21(20)26(33)34/h1-2,4,6-12,14H,3,5,13,15H2,(H,27,30)(H,31,32)(H,33,34). The van der Waals surface area contributed by atoms with Gasteiger partial charge >= 0.3 is 11.9 Å². The monoisotopic (exact) mass is 490 g/mol. The fourth-order valence-electron chi connectivity index (χ4n) is 3.90. The average molecular weight is 491 g/mol. The Bertz CT molecular complexity index is 1310. The number of nitrogens with zero attached hydrogens (tertiary/aromatic N) is 1. The fraction of sp³-hybridized carbons (Fsp3) is 0.154. The van der Waals surface area contributed by atoms with Gasteiger partial charge in [-0.2, -0.15) is 0 Å². The second kappa shape index (κ2) is 10.4. The number of benzene rings is 3. The molecular weight excluding hydrogens is 468 g/mol. The summed E-state index contributed by atoms with van der Waals surface area (Å²) in [5.41, 5.74) is 1.83. The van der Waals surface area contributed by atoms with Crippen molar-refractivity contribution in [2.75, 3.05) is 22.5 Å². The summed E-state index contributed by atoms with van der Waals surface area (Å²) in [6, 6.07) is 18.1. The van der Waals surface area contributed by atoms with Gasteiger partial charge in [-0.15, -0.1) is 11.8 Å². The first kappa shape index (κ1) is 24.0. The lowest BCUT2D eigenvalue weighted by atomic mass is 10.0. The Balaban J connectivity index is 1.38. The van der Waals surface area contributed by atoms with Crippen LogP contribution in [-0.2, 0) is 11.2 Å². The highest BCUT2D eigenvalue weighted by molar-refractivity contribution is 8.00. The van der Waals surface area contributed by atoms with E-state index >= 15 is 0 Å². The number of fused-ring (bicyclic) bond motifs is 1. The number of anilines is 2. The van der Waals surface area contributed by atoms with Crippen LogP contribution in [0.15, 0.2) is 71.6 Å². The zero-order valence-electron chi connectivity index (χ0n) is 18.6. The number of aromatic carboxylic acids is 2. The van der Waals surface area contributed by atoms with Crippen LogP contribution in [0.5, 0.6) is 0 Å². The van der Waals surface area contributed by atoms with Gasteiger partial charge in [0.15, 0.2) is 0 Å². The van der Waals surface area contributed by atoms with Crippen molar-refractivity contribution >= 4 is 46.9 Å². The van der Waals surface area contributed by atoms with Crippen LogP contribution in [0.4, 0.5) is 11.4 Å². The van der Waals surface area contributed by atoms with Crippen LogP contribution in [0.3, 0.4) is 0 Å². The summed E-state index contributed by atoms with van der Waals surface area (Å²) in [5, 5.41) is 21.0. The van der Waals surface area contributed by atoms with Crippen LogP contribution in [0.2, 0.25) is 0 Å². The summed E-state index contributed by atoms with van der Waals surface area (Å²) in [7, 11) is 0. The number of thioether (sulfide) groups is 1. The topological polar surface area (TPSA) is 124 Å². The molecule has 1 heterocycles. The second-order valence-corrected chi connectivity index (χ2v) is 8.96. The van der Waals surface area contributed by atoms with Crippen LogP contribution in [0, 0.1) is 0 Å². The number of carbonyl (C=O) groups is 4. The summed E-state index contributed by atoms with van der Waals surface area (Å²) < 4.78 is 0. The summed E-state index contributed by atoms with van der Waals surface area (Å²) in [6.45, 7) is 0.702. The van der Waals surface area contributed by atoms with E-state index in [1.54, 1.807) is 24.3 Å². The third kappa shape index (κ3) is 5.52. The Morgan fingerprint density at radius 3 is 2.34 bits per heavy atom. The number of hydrogen-bond donors (Lipinski definition) is 3. The molecule has 178 valence electrons. The van der Waals surface area contributed by atoms with Crippen molar-refractivity contribution in [2.24, 2.45) is 0 Å². The van der Waals surface area contributed by atoms with E-state index in [1.165, 1.54) is 29.5 Å². The predicted molar refractivity (Wildman–Crippen MR) is 133 cm³/mol. The molecule has 3 N–H and O–H groups in total. The van der Waals surface area contributed by atoms with Crippen LogP contribution in [-0.4, -0.2) is 46.3 Å². The van der Waals surface area contributed by atoms with Gasteiger partial charge < -0.3 is 20.4 Å². The van der Waals surface area contributed by atoms with Crippen LogP contribution in [0.25, 0.3) is 0 Å². The van der Waals surface area contributed by atoms with Gasteiger partial charge in [0.1, 0.15) is 0 Å². The van der Waals surface area contributed by atoms with Crippen LogP contribution >= 0.6 is 11.8 Å². The van der Waals surface area contributed by atoms with Gasteiger partial charge in [-0.3, -0.25) is 9.59 Å². The molecule has 0 fully saturated rings. The molecule has 0 spiro atoms. The number of amides is 2. The van der Waals surface area contributed by atoms with E-state index in [0.717, 1.165) is 29.5 Å². The predicted octanol–water partition coefficient (Wildman–Crippen LogP) is 4.41. The normalized spacial score (nSPS) is 12.5. The lowest BCUT2D eigenvalue weighted by Gasteiger charge is -2.29. The van der Waals surface area contributed by atoms with Gasteiger partial charge in [0.05, 0.1) is 22.4 Å². The van der Waals surface area contributed by atoms with Crippen molar-refractivity contribution in [3.63, 3.8) is 0 Å². The minimum absolute atomic E-state index is 0.0329. The van der Waals surface area contributed by atoms with Crippen LogP contribution < -0.4 is 10.2 Å². The largest absolute Gasteiger partial charge is 0.478 e.